The third-order valence-corrected chi connectivity index (χ3v) is 3.61. The zero-order valence-electron chi connectivity index (χ0n) is 12.4. The van der Waals surface area contributed by atoms with Crippen LogP contribution >= 0.6 is 0 Å². The van der Waals surface area contributed by atoms with E-state index >= 15 is 0 Å². The second-order valence-electron chi connectivity index (χ2n) is 5.05. The van der Waals surface area contributed by atoms with Crippen LogP contribution in [0.2, 0.25) is 0 Å². The molecule has 0 fully saturated rings. The number of hydrogen-bond donors (Lipinski definition) is 2. The van der Waals surface area contributed by atoms with E-state index in [1.54, 1.807) is 6.92 Å². The lowest BCUT2D eigenvalue weighted by molar-refractivity contribution is 0.174. The van der Waals surface area contributed by atoms with Crippen molar-refractivity contribution in [1.29, 1.82) is 0 Å². The second kappa shape index (κ2) is 5.59. The number of anilines is 1. The van der Waals surface area contributed by atoms with Gasteiger partial charge in [0.1, 0.15) is 5.82 Å². The highest BCUT2D eigenvalue weighted by Gasteiger charge is 2.16. The van der Waals surface area contributed by atoms with Crippen LogP contribution in [0.4, 0.5) is 5.82 Å². The Morgan fingerprint density at radius 1 is 1.27 bits per heavy atom. The standard InChI is InChI=1S/C15H17N3O4/c1-3-18-14(19)7-13(17-15(18)20)16-9(2)10-4-5-11-12(6-10)22-8-21-11/h4-7,9,16H,3,8H2,1-2H3,(H,17,20). The van der Waals surface area contributed by atoms with E-state index in [1.807, 2.05) is 25.1 Å². The van der Waals surface area contributed by atoms with Crippen molar-refractivity contribution in [3.8, 4) is 11.5 Å². The molecule has 0 saturated carbocycles. The van der Waals surface area contributed by atoms with Crippen LogP contribution in [-0.4, -0.2) is 16.3 Å². The molecule has 1 aromatic heterocycles. The normalized spacial score (nSPS) is 13.9. The Hall–Kier alpha value is -2.70. The van der Waals surface area contributed by atoms with Crippen LogP contribution in [0.3, 0.4) is 0 Å². The summed E-state index contributed by atoms with van der Waals surface area (Å²) in [6, 6.07) is 6.91. The van der Waals surface area contributed by atoms with Crippen molar-refractivity contribution in [3.05, 3.63) is 50.7 Å². The number of hydrogen-bond acceptors (Lipinski definition) is 5. The average Bonchev–Trinajstić information content (AvgIpc) is 2.94. The third kappa shape index (κ3) is 2.57. The minimum Gasteiger partial charge on any atom is -0.454 e. The Kier molecular flexibility index (Phi) is 3.62. The average molecular weight is 303 g/mol. The largest absolute Gasteiger partial charge is 0.454 e. The van der Waals surface area contributed by atoms with Gasteiger partial charge in [0.15, 0.2) is 11.5 Å². The third-order valence-electron chi connectivity index (χ3n) is 3.61. The number of ether oxygens (including phenoxy) is 2. The predicted molar refractivity (Wildman–Crippen MR) is 81.6 cm³/mol. The first kappa shape index (κ1) is 14.2. The van der Waals surface area contributed by atoms with Crippen molar-refractivity contribution < 1.29 is 9.47 Å². The first-order valence-corrected chi connectivity index (χ1v) is 7.08. The molecule has 2 N–H and O–H groups in total. The number of fused-ring (bicyclic) bond motifs is 1. The van der Waals surface area contributed by atoms with Gasteiger partial charge in [0.25, 0.3) is 5.56 Å². The smallest absolute Gasteiger partial charge is 0.329 e. The van der Waals surface area contributed by atoms with Gasteiger partial charge in [-0.1, -0.05) is 6.07 Å². The van der Waals surface area contributed by atoms with E-state index in [2.05, 4.69) is 10.3 Å². The summed E-state index contributed by atoms with van der Waals surface area (Å²) in [7, 11) is 0. The molecule has 0 amide bonds. The number of rotatable bonds is 4. The molecule has 2 heterocycles. The van der Waals surface area contributed by atoms with E-state index < -0.39 is 5.69 Å². The lowest BCUT2D eigenvalue weighted by Crippen LogP contribution is -2.34. The molecule has 1 aliphatic rings. The molecule has 7 heteroatoms. The Balaban J connectivity index is 1.84. The fraction of sp³-hybridized carbons (Fsp3) is 0.333. The zero-order chi connectivity index (χ0) is 15.7. The van der Waals surface area contributed by atoms with Crippen LogP contribution < -0.4 is 26.0 Å². The maximum absolute atomic E-state index is 11.8. The summed E-state index contributed by atoms with van der Waals surface area (Å²) in [5.74, 6) is 1.81. The summed E-state index contributed by atoms with van der Waals surface area (Å²) in [4.78, 5) is 26.3. The zero-order valence-corrected chi connectivity index (χ0v) is 12.4. The Morgan fingerprint density at radius 2 is 2.05 bits per heavy atom. The van der Waals surface area contributed by atoms with E-state index in [9.17, 15) is 9.59 Å². The highest BCUT2D eigenvalue weighted by Crippen LogP contribution is 2.34. The van der Waals surface area contributed by atoms with E-state index in [0.29, 0.717) is 18.1 Å². The van der Waals surface area contributed by atoms with Gasteiger partial charge in [0.2, 0.25) is 6.79 Å². The minimum absolute atomic E-state index is 0.109. The molecule has 7 nitrogen and oxygen atoms in total. The van der Waals surface area contributed by atoms with Crippen LogP contribution in [0.5, 0.6) is 11.5 Å². The monoisotopic (exact) mass is 303 g/mol. The summed E-state index contributed by atoms with van der Waals surface area (Å²) in [6.07, 6.45) is 0. The second-order valence-corrected chi connectivity index (χ2v) is 5.05. The molecule has 22 heavy (non-hydrogen) atoms. The maximum Gasteiger partial charge on any atom is 0.329 e. The molecule has 2 aromatic rings. The number of aromatic nitrogens is 2. The lowest BCUT2D eigenvalue weighted by atomic mass is 10.1. The van der Waals surface area contributed by atoms with Crippen molar-refractivity contribution in [1.82, 2.24) is 9.55 Å². The summed E-state index contributed by atoms with van der Waals surface area (Å²) in [5.41, 5.74) is 0.215. The molecule has 0 saturated heterocycles. The fourth-order valence-electron chi connectivity index (χ4n) is 2.40. The van der Waals surface area contributed by atoms with E-state index in [-0.39, 0.29) is 18.4 Å². The van der Waals surface area contributed by atoms with Gasteiger partial charge in [-0.05, 0) is 31.5 Å². The minimum atomic E-state index is -0.421. The number of aromatic amines is 1. The molecule has 0 bridgehead atoms. The number of nitrogens with zero attached hydrogens (tertiary/aromatic N) is 1. The van der Waals surface area contributed by atoms with E-state index in [4.69, 9.17) is 9.47 Å². The maximum atomic E-state index is 11.8. The van der Waals surface area contributed by atoms with Crippen LogP contribution in [0, 0.1) is 0 Å². The number of H-pyrrole nitrogens is 1. The highest BCUT2D eigenvalue weighted by molar-refractivity contribution is 5.47. The van der Waals surface area contributed by atoms with Crippen molar-refractivity contribution in [3.63, 3.8) is 0 Å². The summed E-state index contributed by atoms with van der Waals surface area (Å²) in [6.45, 7) is 4.25. The summed E-state index contributed by atoms with van der Waals surface area (Å²) in [5, 5.41) is 3.12. The molecular weight excluding hydrogens is 286 g/mol. The van der Waals surface area contributed by atoms with Crippen molar-refractivity contribution in [2.45, 2.75) is 26.4 Å². The Bertz CT molecular complexity index is 778. The molecule has 0 aliphatic carbocycles. The molecule has 0 spiro atoms. The molecule has 1 unspecified atom stereocenters. The first-order chi connectivity index (χ1) is 10.6. The molecule has 1 atom stereocenters. The fourth-order valence-corrected chi connectivity index (χ4v) is 2.40. The van der Waals surface area contributed by atoms with Crippen LogP contribution in [0.15, 0.2) is 33.9 Å². The van der Waals surface area contributed by atoms with Gasteiger partial charge < -0.3 is 14.8 Å². The van der Waals surface area contributed by atoms with Gasteiger partial charge in [-0.15, -0.1) is 0 Å². The van der Waals surface area contributed by atoms with Gasteiger partial charge in [-0.2, -0.15) is 0 Å². The van der Waals surface area contributed by atoms with Crippen LogP contribution in [-0.2, 0) is 6.54 Å². The molecule has 1 aliphatic heterocycles. The number of nitrogens with one attached hydrogen (secondary N) is 2. The Labute approximate surface area is 126 Å². The predicted octanol–water partition coefficient (Wildman–Crippen LogP) is 1.46. The number of benzene rings is 1. The van der Waals surface area contributed by atoms with Crippen LogP contribution in [0.1, 0.15) is 25.5 Å². The van der Waals surface area contributed by atoms with Crippen molar-refractivity contribution in [2.75, 3.05) is 12.1 Å². The molecule has 3 rings (SSSR count). The van der Waals surface area contributed by atoms with Crippen LogP contribution in [0.25, 0.3) is 0 Å². The van der Waals surface area contributed by atoms with E-state index in [1.165, 1.54) is 6.07 Å². The van der Waals surface area contributed by atoms with Gasteiger partial charge in [-0.25, -0.2) is 4.79 Å². The van der Waals surface area contributed by atoms with E-state index in [0.717, 1.165) is 15.9 Å². The molecular formula is C15H17N3O4. The first-order valence-electron chi connectivity index (χ1n) is 7.08. The van der Waals surface area contributed by atoms with Gasteiger partial charge in [0, 0.05) is 12.6 Å². The van der Waals surface area contributed by atoms with Gasteiger partial charge in [-0.3, -0.25) is 14.3 Å². The van der Waals surface area contributed by atoms with Gasteiger partial charge >= 0.3 is 5.69 Å². The highest BCUT2D eigenvalue weighted by atomic mass is 16.7. The molecule has 0 radical (unpaired) electrons. The van der Waals surface area contributed by atoms with Crippen molar-refractivity contribution >= 4 is 5.82 Å². The Morgan fingerprint density at radius 3 is 2.77 bits per heavy atom. The molecule has 1 aromatic carbocycles. The summed E-state index contributed by atoms with van der Waals surface area (Å²) >= 11 is 0. The molecule has 116 valence electrons. The lowest BCUT2D eigenvalue weighted by Gasteiger charge is -2.16. The quantitative estimate of drug-likeness (QED) is 0.893. The van der Waals surface area contributed by atoms with Gasteiger partial charge in [0.05, 0.1) is 6.04 Å². The SMILES string of the molecule is CCn1c(=O)cc(NC(C)c2ccc3c(c2)OCO3)[nH]c1=O. The topological polar surface area (TPSA) is 85.3 Å². The van der Waals surface area contributed by atoms with Crippen molar-refractivity contribution in [2.24, 2.45) is 0 Å². The summed E-state index contributed by atoms with van der Waals surface area (Å²) < 4.78 is 11.8.